The first-order chi connectivity index (χ1) is 7.84. The maximum Gasteiger partial charge on any atom is 0.106 e. The van der Waals surface area contributed by atoms with Gasteiger partial charge in [0.15, 0.2) is 0 Å². The van der Waals surface area contributed by atoms with Gasteiger partial charge >= 0.3 is 0 Å². The molecule has 2 aromatic rings. The maximum atomic E-state index is 6.24. The van der Waals surface area contributed by atoms with Crippen LogP contribution in [0.2, 0.25) is 5.02 Å². The summed E-state index contributed by atoms with van der Waals surface area (Å²) in [7, 11) is 0. The van der Waals surface area contributed by atoms with Crippen LogP contribution in [0.15, 0.2) is 17.6 Å². The van der Waals surface area contributed by atoms with Crippen LogP contribution in [0, 0.1) is 0 Å². The molecule has 0 aliphatic heterocycles. The first-order valence-corrected chi connectivity index (χ1v) is 6.88. The summed E-state index contributed by atoms with van der Waals surface area (Å²) in [5.41, 5.74) is 3.91. The monoisotopic (exact) mass is 252 g/mol. The highest BCUT2D eigenvalue weighted by Gasteiger charge is 2.17. The predicted molar refractivity (Wildman–Crippen MR) is 70.5 cm³/mol. The van der Waals surface area contributed by atoms with Gasteiger partial charge in [0.2, 0.25) is 0 Å². The van der Waals surface area contributed by atoms with Crippen molar-refractivity contribution in [2.45, 2.75) is 31.7 Å². The van der Waals surface area contributed by atoms with Crippen molar-refractivity contribution in [1.29, 1.82) is 0 Å². The molecule has 0 bridgehead atoms. The lowest BCUT2D eigenvalue weighted by atomic mass is 10.2. The van der Waals surface area contributed by atoms with Crippen molar-refractivity contribution < 1.29 is 0 Å². The van der Waals surface area contributed by atoms with Crippen molar-refractivity contribution in [3.05, 3.63) is 22.7 Å². The van der Waals surface area contributed by atoms with Crippen LogP contribution in [-0.4, -0.2) is 11.0 Å². The number of nitrogens with zero attached hydrogens (tertiary/aromatic N) is 1. The Balaban J connectivity index is 1.99. The second-order valence-corrected chi connectivity index (χ2v) is 5.54. The van der Waals surface area contributed by atoms with E-state index in [4.69, 9.17) is 11.6 Å². The molecule has 2 nitrogen and oxygen atoms in total. The van der Waals surface area contributed by atoms with Crippen molar-refractivity contribution in [2.75, 3.05) is 5.32 Å². The topological polar surface area (TPSA) is 24.9 Å². The normalized spacial score (nSPS) is 17.1. The zero-order valence-electron chi connectivity index (χ0n) is 8.87. The van der Waals surface area contributed by atoms with E-state index in [2.05, 4.69) is 10.3 Å². The second kappa shape index (κ2) is 4.22. The highest BCUT2D eigenvalue weighted by molar-refractivity contribution is 7.16. The van der Waals surface area contributed by atoms with Crippen molar-refractivity contribution in [3.8, 4) is 0 Å². The van der Waals surface area contributed by atoms with Crippen molar-refractivity contribution in [2.24, 2.45) is 0 Å². The first-order valence-electron chi connectivity index (χ1n) is 5.63. The summed E-state index contributed by atoms with van der Waals surface area (Å²) < 4.78 is 1.20. The number of halogens is 1. The Morgan fingerprint density at radius 2 is 2.12 bits per heavy atom. The highest BCUT2D eigenvalue weighted by Crippen LogP contribution is 2.34. The fourth-order valence-electron chi connectivity index (χ4n) is 2.32. The van der Waals surface area contributed by atoms with Crippen molar-refractivity contribution in [1.82, 2.24) is 4.98 Å². The lowest BCUT2D eigenvalue weighted by molar-refractivity contribution is 0.756. The van der Waals surface area contributed by atoms with Gasteiger partial charge in [-0.15, -0.1) is 11.3 Å². The molecule has 1 aromatic heterocycles. The van der Waals surface area contributed by atoms with E-state index in [-0.39, 0.29) is 0 Å². The first kappa shape index (κ1) is 10.4. The molecule has 0 saturated heterocycles. The average molecular weight is 253 g/mol. The molecule has 1 fully saturated rings. The molecule has 0 unspecified atom stereocenters. The van der Waals surface area contributed by atoms with E-state index in [0.29, 0.717) is 6.04 Å². The zero-order valence-corrected chi connectivity index (χ0v) is 10.4. The number of hydrogen-bond donors (Lipinski definition) is 1. The van der Waals surface area contributed by atoms with E-state index in [1.165, 1.54) is 30.4 Å². The number of anilines is 1. The van der Waals surface area contributed by atoms with Crippen LogP contribution in [-0.2, 0) is 0 Å². The third-order valence-corrected chi connectivity index (χ3v) is 4.26. The lowest BCUT2D eigenvalue weighted by Gasteiger charge is -2.15. The molecule has 1 saturated carbocycles. The number of fused-ring (bicyclic) bond motifs is 1. The maximum absolute atomic E-state index is 6.24. The summed E-state index contributed by atoms with van der Waals surface area (Å²) in [6, 6.07) is 4.57. The zero-order chi connectivity index (χ0) is 11.0. The molecule has 1 aliphatic carbocycles. The molecule has 1 aromatic carbocycles. The number of benzene rings is 1. The molecule has 0 atom stereocenters. The SMILES string of the molecule is Clc1ccc2scnc2c1NC1CCCC1. The average Bonchev–Trinajstić information content (AvgIpc) is 2.92. The summed E-state index contributed by atoms with van der Waals surface area (Å²) in [4.78, 5) is 4.39. The van der Waals surface area contributed by atoms with Crippen LogP contribution in [0.25, 0.3) is 10.2 Å². The van der Waals surface area contributed by atoms with Gasteiger partial charge in [-0.1, -0.05) is 24.4 Å². The van der Waals surface area contributed by atoms with E-state index < -0.39 is 0 Å². The molecule has 4 heteroatoms. The Bertz CT molecular complexity index is 503. The molecule has 1 heterocycles. The van der Waals surface area contributed by atoms with E-state index in [9.17, 15) is 0 Å². The van der Waals surface area contributed by atoms with Crippen LogP contribution < -0.4 is 5.32 Å². The molecule has 1 N–H and O–H groups in total. The third-order valence-electron chi connectivity index (χ3n) is 3.16. The van der Waals surface area contributed by atoms with E-state index >= 15 is 0 Å². The summed E-state index contributed by atoms with van der Waals surface area (Å²) in [6.45, 7) is 0. The number of hydrogen-bond acceptors (Lipinski definition) is 3. The van der Waals surface area contributed by atoms with Gasteiger partial charge in [0, 0.05) is 6.04 Å². The smallest absolute Gasteiger partial charge is 0.106 e. The molecule has 84 valence electrons. The molecule has 16 heavy (non-hydrogen) atoms. The summed E-state index contributed by atoms with van der Waals surface area (Å²) in [6.07, 6.45) is 5.14. The second-order valence-electron chi connectivity index (χ2n) is 4.25. The molecule has 0 amide bonds. The largest absolute Gasteiger partial charge is 0.379 e. The molecular weight excluding hydrogens is 240 g/mol. The molecule has 0 radical (unpaired) electrons. The minimum atomic E-state index is 0.574. The van der Waals surface area contributed by atoms with Gasteiger partial charge in [0.05, 0.1) is 20.9 Å². The molecular formula is C12H13ClN2S. The molecule has 1 aliphatic rings. The number of nitrogens with one attached hydrogen (secondary N) is 1. The van der Waals surface area contributed by atoms with Gasteiger partial charge in [-0.05, 0) is 25.0 Å². The van der Waals surface area contributed by atoms with Crippen LogP contribution in [0.4, 0.5) is 5.69 Å². The quantitative estimate of drug-likeness (QED) is 0.862. The van der Waals surface area contributed by atoms with Crippen LogP contribution in [0.1, 0.15) is 25.7 Å². The highest BCUT2D eigenvalue weighted by atomic mass is 35.5. The standard InChI is InChI=1S/C12H13ClN2S/c13-9-5-6-10-12(14-7-16-10)11(9)15-8-3-1-2-4-8/h5-8,15H,1-4H2. The van der Waals surface area contributed by atoms with Gasteiger partial charge in [0.25, 0.3) is 0 Å². The Labute approximate surface area is 104 Å². The number of aromatic nitrogens is 1. The van der Waals surface area contributed by atoms with Crippen LogP contribution >= 0.6 is 22.9 Å². The summed E-state index contributed by atoms with van der Waals surface area (Å²) in [5, 5.41) is 4.33. The van der Waals surface area contributed by atoms with E-state index in [0.717, 1.165) is 16.2 Å². The van der Waals surface area contributed by atoms with Gasteiger partial charge in [-0.25, -0.2) is 4.98 Å². The predicted octanol–water partition coefficient (Wildman–Crippen LogP) is 4.30. The third kappa shape index (κ3) is 1.78. The molecule has 3 rings (SSSR count). The minimum Gasteiger partial charge on any atom is -0.379 e. The minimum absolute atomic E-state index is 0.574. The van der Waals surface area contributed by atoms with Gasteiger partial charge in [0.1, 0.15) is 5.52 Å². The van der Waals surface area contributed by atoms with Gasteiger partial charge in [-0.2, -0.15) is 0 Å². The Kier molecular flexibility index (Phi) is 2.74. The lowest BCUT2D eigenvalue weighted by Crippen LogP contribution is -2.15. The van der Waals surface area contributed by atoms with E-state index in [1.807, 2.05) is 17.6 Å². The fraction of sp³-hybridized carbons (Fsp3) is 0.417. The van der Waals surface area contributed by atoms with E-state index in [1.54, 1.807) is 11.3 Å². The van der Waals surface area contributed by atoms with Crippen LogP contribution in [0.5, 0.6) is 0 Å². The number of rotatable bonds is 2. The summed E-state index contributed by atoms with van der Waals surface area (Å²) in [5.74, 6) is 0. The number of thiazole rings is 1. The molecule has 0 spiro atoms. The Morgan fingerprint density at radius 3 is 2.94 bits per heavy atom. The van der Waals surface area contributed by atoms with Crippen LogP contribution in [0.3, 0.4) is 0 Å². The van der Waals surface area contributed by atoms with Gasteiger partial charge in [-0.3, -0.25) is 0 Å². The van der Waals surface area contributed by atoms with Gasteiger partial charge < -0.3 is 5.32 Å². The fourth-order valence-corrected chi connectivity index (χ4v) is 3.21. The Hall–Kier alpha value is -0.800. The summed E-state index contributed by atoms with van der Waals surface area (Å²) >= 11 is 7.90. The van der Waals surface area contributed by atoms with Crippen molar-refractivity contribution in [3.63, 3.8) is 0 Å². The Morgan fingerprint density at radius 1 is 1.31 bits per heavy atom. The van der Waals surface area contributed by atoms with Crippen molar-refractivity contribution >= 4 is 38.8 Å².